The van der Waals surface area contributed by atoms with Gasteiger partial charge in [0.1, 0.15) is 11.6 Å². The average molecular weight is 581 g/mol. The van der Waals surface area contributed by atoms with Crippen molar-refractivity contribution in [1.82, 2.24) is 9.80 Å². The molecule has 8 nitrogen and oxygen atoms in total. The van der Waals surface area contributed by atoms with Gasteiger partial charge in [-0.1, -0.05) is 39.7 Å². The van der Waals surface area contributed by atoms with E-state index in [4.69, 9.17) is 16.3 Å². The van der Waals surface area contributed by atoms with Crippen LogP contribution in [-0.4, -0.2) is 88.0 Å². The van der Waals surface area contributed by atoms with E-state index >= 15 is 0 Å². The summed E-state index contributed by atoms with van der Waals surface area (Å²) in [6, 6.07) is 5.15. The molecule has 36 heavy (non-hydrogen) atoms. The van der Waals surface area contributed by atoms with Crippen molar-refractivity contribution in [2.45, 2.75) is 42.0 Å². The first-order valence-corrected chi connectivity index (χ1v) is 13.2. The van der Waals surface area contributed by atoms with Crippen LogP contribution >= 0.6 is 27.5 Å². The van der Waals surface area contributed by atoms with Crippen LogP contribution in [0.2, 0.25) is 5.02 Å². The fourth-order valence-corrected chi connectivity index (χ4v) is 7.02. The van der Waals surface area contributed by atoms with Gasteiger partial charge >= 0.3 is 0 Å². The van der Waals surface area contributed by atoms with E-state index in [9.17, 15) is 19.5 Å². The molecule has 0 aromatic heterocycles. The summed E-state index contributed by atoms with van der Waals surface area (Å²) in [6.07, 6.45) is 3.06. The topological polar surface area (TPSA) is 90.4 Å². The zero-order valence-corrected chi connectivity index (χ0v) is 22.7. The maximum atomic E-state index is 14.3. The Balaban J connectivity index is 1.81. The summed E-state index contributed by atoms with van der Waals surface area (Å²) in [5.74, 6) is -2.53. The van der Waals surface area contributed by atoms with E-state index in [1.54, 1.807) is 50.4 Å². The van der Waals surface area contributed by atoms with Gasteiger partial charge in [0, 0.05) is 35.7 Å². The number of halogens is 2. The predicted octanol–water partition coefficient (Wildman–Crippen LogP) is 2.63. The maximum absolute atomic E-state index is 14.3. The molecule has 3 saturated heterocycles. The molecule has 1 N–H and O–H groups in total. The molecule has 3 fully saturated rings. The van der Waals surface area contributed by atoms with E-state index in [-0.39, 0.29) is 35.7 Å². The second-order valence-electron chi connectivity index (χ2n) is 9.66. The van der Waals surface area contributed by atoms with Crippen molar-refractivity contribution in [3.63, 3.8) is 0 Å². The number of ether oxygens (including phenoxy) is 1. The average Bonchev–Trinajstić information content (AvgIpc) is 3.45. The van der Waals surface area contributed by atoms with Gasteiger partial charge in [-0.2, -0.15) is 0 Å². The summed E-state index contributed by atoms with van der Waals surface area (Å²) in [5, 5.41) is 10.6. The number of nitrogens with zero attached hydrogens (tertiary/aromatic N) is 3. The highest BCUT2D eigenvalue weighted by atomic mass is 79.9. The van der Waals surface area contributed by atoms with Crippen LogP contribution in [0.5, 0.6) is 0 Å². The number of likely N-dealkylation sites (tertiary alicyclic amines) is 1. The highest BCUT2D eigenvalue weighted by molar-refractivity contribution is 9.09. The lowest BCUT2D eigenvalue weighted by molar-refractivity contribution is -0.146. The Morgan fingerprint density at radius 1 is 1.28 bits per heavy atom. The smallest absolute Gasteiger partial charge is 0.253 e. The van der Waals surface area contributed by atoms with Crippen LogP contribution in [0.25, 0.3) is 0 Å². The Morgan fingerprint density at radius 2 is 1.92 bits per heavy atom. The molecule has 2 bridgehead atoms. The van der Waals surface area contributed by atoms with Gasteiger partial charge in [-0.3, -0.25) is 14.4 Å². The standard InChI is InChI=1S/C26H31BrClN3O5/c1-5-11-29(4)23(33)19-20-24(34)31(15(3)14-32)22(26(20)13-18(27)21(19)36-26)25(35)30(12-6-2)17-9-7-16(28)8-10-17/h5-10,15,18-22,32H,1-2,11-14H2,3-4H3/t15-,18?,19-,20+,21-,22?,26?/m1/s1. The van der Waals surface area contributed by atoms with Gasteiger partial charge < -0.3 is 24.5 Å². The van der Waals surface area contributed by atoms with Gasteiger partial charge in [0.05, 0.1) is 30.6 Å². The van der Waals surface area contributed by atoms with Gasteiger partial charge in [0.15, 0.2) is 0 Å². The number of carbonyl (C=O) groups excluding carboxylic acids is 3. The zero-order chi connectivity index (χ0) is 26.4. The van der Waals surface area contributed by atoms with Crippen LogP contribution in [0.3, 0.4) is 0 Å². The Morgan fingerprint density at radius 3 is 2.50 bits per heavy atom. The first-order chi connectivity index (χ1) is 17.1. The third kappa shape index (κ3) is 4.10. The van der Waals surface area contributed by atoms with Crippen molar-refractivity contribution >= 4 is 50.9 Å². The van der Waals surface area contributed by atoms with E-state index in [0.29, 0.717) is 23.7 Å². The molecule has 4 rings (SSSR count). The minimum Gasteiger partial charge on any atom is -0.394 e. The highest BCUT2D eigenvalue weighted by Gasteiger charge is 2.77. The summed E-state index contributed by atoms with van der Waals surface area (Å²) in [6.45, 7) is 9.37. The molecular formula is C26H31BrClN3O5. The largest absolute Gasteiger partial charge is 0.394 e. The second-order valence-corrected chi connectivity index (χ2v) is 11.3. The van der Waals surface area contributed by atoms with Crippen LogP contribution < -0.4 is 4.90 Å². The lowest BCUT2D eigenvalue weighted by Gasteiger charge is -2.38. The van der Waals surface area contributed by atoms with Crippen molar-refractivity contribution in [2.24, 2.45) is 11.8 Å². The minimum atomic E-state index is -1.21. The summed E-state index contributed by atoms with van der Waals surface area (Å²) >= 11 is 9.73. The molecule has 1 aromatic rings. The molecule has 0 saturated carbocycles. The Bertz CT molecular complexity index is 1070. The van der Waals surface area contributed by atoms with E-state index in [1.807, 2.05) is 0 Å². The van der Waals surface area contributed by atoms with Crippen molar-refractivity contribution in [3.05, 3.63) is 54.6 Å². The maximum Gasteiger partial charge on any atom is 0.253 e. The number of aliphatic hydroxyl groups excluding tert-OH is 1. The van der Waals surface area contributed by atoms with Crippen LogP contribution in [0.15, 0.2) is 49.6 Å². The van der Waals surface area contributed by atoms with Gasteiger partial charge in [-0.05, 0) is 37.6 Å². The Kier molecular flexibility index (Phi) is 7.67. The number of fused-ring (bicyclic) bond motifs is 1. The molecule has 1 spiro atoms. The number of hydrogen-bond donors (Lipinski definition) is 1. The van der Waals surface area contributed by atoms with Crippen molar-refractivity contribution in [1.29, 1.82) is 0 Å². The Hall–Kier alpha value is -2.20. The first-order valence-electron chi connectivity index (χ1n) is 11.9. The number of carbonyl (C=O) groups is 3. The third-order valence-electron chi connectivity index (χ3n) is 7.48. The van der Waals surface area contributed by atoms with Crippen molar-refractivity contribution in [2.75, 3.05) is 31.6 Å². The zero-order valence-electron chi connectivity index (χ0n) is 20.3. The molecule has 3 aliphatic heterocycles. The van der Waals surface area contributed by atoms with Gasteiger partial charge in [0.25, 0.3) is 5.91 Å². The molecule has 3 amide bonds. The summed E-state index contributed by atoms with van der Waals surface area (Å²) in [5.41, 5.74) is -0.619. The quantitative estimate of drug-likeness (QED) is 0.358. The number of likely N-dealkylation sites (N-methyl/N-ethyl adjacent to an activating group) is 1. The summed E-state index contributed by atoms with van der Waals surface area (Å²) in [7, 11) is 1.66. The summed E-state index contributed by atoms with van der Waals surface area (Å²) < 4.78 is 6.51. The SMILES string of the molecule is C=CCN(C)C(=O)[C@H]1[C@@H]2OC3(CC2Br)C(C(=O)N(CC=C)c2ccc(Cl)cc2)N([C@H](C)CO)C(=O)[C@H]13. The molecule has 10 heteroatoms. The van der Waals surface area contributed by atoms with Crippen LogP contribution in [0.4, 0.5) is 5.69 Å². The first kappa shape index (κ1) is 26.9. The third-order valence-corrected chi connectivity index (χ3v) is 8.58. The number of rotatable bonds is 9. The Labute approximate surface area is 224 Å². The van der Waals surface area contributed by atoms with Gasteiger partial charge in [-0.25, -0.2) is 0 Å². The molecule has 3 unspecified atom stereocenters. The molecule has 3 heterocycles. The monoisotopic (exact) mass is 579 g/mol. The van der Waals surface area contributed by atoms with Gasteiger partial charge in [0.2, 0.25) is 11.8 Å². The highest BCUT2D eigenvalue weighted by Crippen LogP contribution is 2.60. The van der Waals surface area contributed by atoms with E-state index in [0.717, 1.165) is 0 Å². The molecule has 0 aliphatic carbocycles. The minimum absolute atomic E-state index is 0.193. The molecule has 0 radical (unpaired) electrons. The molecular weight excluding hydrogens is 550 g/mol. The molecule has 3 aliphatic rings. The number of benzene rings is 1. The van der Waals surface area contributed by atoms with Gasteiger partial charge in [-0.15, -0.1) is 13.2 Å². The number of amides is 3. The van der Waals surface area contributed by atoms with Crippen LogP contribution in [0, 0.1) is 11.8 Å². The molecule has 194 valence electrons. The number of aliphatic hydroxyl groups is 1. The number of anilines is 1. The molecule has 7 atom stereocenters. The van der Waals surface area contributed by atoms with Crippen molar-refractivity contribution in [3.8, 4) is 0 Å². The predicted molar refractivity (Wildman–Crippen MR) is 141 cm³/mol. The summed E-state index contributed by atoms with van der Waals surface area (Å²) in [4.78, 5) is 46.1. The number of hydrogen-bond acceptors (Lipinski definition) is 5. The second kappa shape index (κ2) is 10.3. The van der Waals surface area contributed by atoms with E-state index in [1.165, 1.54) is 14.7 Å². The fourth-order valence-electron chi connectivity index (χ4n) is 5.95. The normalized spacial score (nSPS) is 31.2. The van der Waals surface area contributed by atoms with Crippen molar-refractivity contribution < 1.29 is 24.2 Å². The fraction of sp³-hybridized carbons (Fsp3) is 0.500. The van der Waals surface area contributed by atoms with E-state index in [2.05, 4.69) is 29.1 Å². The lowest BCUT2D eigenvalue weighted by Crippen LogP contribution is -2.58. The van der Waals surface area contributed by atoms with Crippen LogP contribution in [-0.2, 0) is 19.1 Å². The van der Waals surface area contributed by atoms with E-state index < -0.39 is 35.6 Å². The number of alkyl halides is 1. The van der Waals surface area contributed by atoms with Crippen LogP contribution in [0.1, 0.15) is 13.3 Å². The lowest BCUT2D eigenvalue weighted by atomic mass is 9.70. The molecule has 1 aromatic carbocycles.